The summed E-state index contributed by atoms with van der Waals surface area (Å²) >= 11 is 0. The fraction of sp³-hybridized carbons (Fsp3) is 0.543. The molecule has 1 atom stereocenters. The van der Waals surface area contributed by atoms with E-state index in [9.17, 15) is 50.6 Å². The van der Waals surface area contributed by atoms with Crippen LogP contribution in [0.15, 0.2) is 42.5 Å². The molecular weight excluding hydrogens is 686 g/mol. The van der Waals surface area contributed by atoms with Gasteiger partial charge in [-0.1, -0.05) is 55.7 Å². The molecule has 1 aliphatic heterocycles. The summed E-state index contributed by atoms with van der Waals surface area (Å²) < 4.78 is 72.6. The molecule has 2 aromatic carbocycles. The Hall–Kier alpha value is -4.18. The number of halogens is 6. The van der Waals surface area contributed by atoms with Gasteiger partial charge in [0.1, 0.15) is 11.4 Å². The Balaban J connectivity index is 0.000000501. The van der Waals surface area contributed by atoms with Crippen LogP contribution in [-0.2, 0) is 32.0 Å². The number of nitrogens with one attached hydrogen (secondary N) is 3. The van der Waals surface area contributed by atoms with Gasteiger partial charge in [-0.05, 0) is 68.8 Å². The molecule has 0 aromatic heterocycles. The van der Waals surface area contributed by atoms with Gasteiger partial charge in [0.2, 0.25) is 5.91 Å². The molecule has 0 bridgehead atoms. The molecule has 2 amide bonds. The van der Waals surface area contributed by atoms with Crippen LogP contribution in [0.4, 0.5) is 32.0 Å². The van der Waals surface area contributed by atoms with Gasteiger partial charge in [-0.15, -0.1) is 0 Å². The van der Waals surface area contributed by atoms with E-state index in [1.165, 1.54) is 37.7 Å². The monoisotopic (exact) mass is 730 g/mol. The average molecular weight is 731 g/mol. The summed E-state index contributed by atoms with van der Waals surface area (Å²) in [4.78, 5) is 46.3. The molecule has 1 aliphatic carbocycles. The van der Waals surface area contributed by atoms with Crippen molar-refractivity contribution in [3.63, 3.8) is 0 Å². The topological polar surface area (TPSA) is 137 Å². The molecule has 0 spiro atoms. The molecule has 1 heterocycles. The molecule has 282 valence electrons. The van der Waals surface area contributed by atoms with Crippen LogP contribution in [-0.4, -0.2) is 91.1 Å². The molecule has 2 aromatic rings. The molecule has 0 unspecified atom stereocenters. The summed E-state index contributed by atoms with van der Waals surface area (Å²) in [7, 11) is 0. The summed E-state index contributed by atoms with van der Waals surface area (Å²) in [6.45, 7) is 5.83. The van der Waals surface area contributed by atoms with Gasteiger partial charge in [0.25, 0.3) is 5.91 Å². The Morgan fingerprint density at radius 3 is 2.12 bits per heavy atom. The number of carbonyl (C=O) groups excluding carboxylic acids is 4. The number of hydrogen-bond donors (Lipinski definition) is 4. The highest BCUT2D eigenvalue weighted by atomic mass is 19.4. The first-order chi connectivity index (χ1) is 24.1. The molecule has 1 saturated carbocycles. The van der Waals surface area contributed by atoms with Crippen LogP contribution in [0.5, 0.6) is 11.5 Å². The van der Waals surface area contributed by atoms with Crippen molar-refractivity contribution in [1.29, 1.82) is 0 Å². The minimum atomic E-state index is -5.77. The largest absolute Gasteiger partial charge is 0.506 e. The lowest BCUT2D eigenvalue weighted by molar-refractivity contribution is -0.193. The zero-order chi connectivity index (χ0) is 37.6. The van der Waals surface area contributed by atoms with Gasteiger partial charge in [0.05, 0.1) is 0 Å². The molecule has 0 radical (unpaired) electrons. The number of phenolic OH excluding ortho intramolecular Hbond substituents is 1. The minimum absolute atomic E-state index is 0.00942. The summed E-state index contributed by atoms with van der Waals surface area (Å²) in [5.41, 5.74) is 2.58. The predicted octanol–water partition coefficient (Wildman–Crippen LogP) is 5.12. The Morgan fingerprint density at radius 2 is 1.49 bits per heavy atom. The minimum Gasteiger partial charge on any atom is -0.506 e. The predicted molar refractivity (Wildman–Crippen MR) is 176 cm³/mol. The number of phenols is 1. The van der Waals surface area contributed by atoms with Crippen LogP contribution >= 0.6 is 0 Å². The first kappa shape index (κ1) is 41.2. The molecular formula is C35H44F6N4O6. The zero-order valence-electron chi connectivity index (χ0n) is 28.3. The number of nitrogens with zero attached hydrogens (tertiary/aromatic N) is 1. The van der Waals surface area contributed by atoms with Gasteiger partial charge in [-0.25, -0.2) is 0 Å². The lowest BCUT2D eigenvalue weighted by atomic mass is 9.84. The number of rotatable bonds is 15. The van der Waals surface area contributed by atoms with Gasteiger partial charge < -0.3 is 30.7 Å². The maximum absolute atomic E-state index is 13.3. The summed E-state index contributed by atoms with van der Waals surface area (Å²) in [5.74, 6) is -5.74. The van der Waals surface area contributed by atoms with Crippen LogP contribution in [0, 0.1) is 5.92 Å². The van der Waals surface area contributed by atoms with Gasteiger partial charge >= 0.3 is 23.9 Å². The first-order valence-electron chi connectivity index (χ1n) is 16.8. The van der Waals surface area contributed by atoms with E-state index in [1.807, 2.05) is 12.1 Å². The van der Waals surface area contributed by atoms with Crippen LogP contribution < -0.4 is 20.7 Å². The van der Waals surface area contributed by atoms with Crippen LogP contribution in [0.1, 0.15) is 56.6 Å². The van der Waals surface area contributed by atoms with Crippen molar-refractivity contribution in [3.05, 3.63) is 53.6 Å². The summed E-state index contributed by atoms with van der Waals surface area (Å²) in [6.07, 6.45) is -3.15. The number of ketones is 2. The Bertz CT molecular complexity index is 1440. The summed E-state index contributed by atoms with van der Waals surface area (Å²) in [5, 5.41) is 19.7. The Morgan fingerprint density at radius 1 is 0.882 bits per heavy atom. The second kappa shape index (κ2) is 19.4. The fourth-order valence-electron chi connectivity index (χ4n) is 5.98. The van der Waals surface area contributed by atoms with E-state index >= 15 is 0 Å². The molecule has 0 saturated heterocycles. The normalized spacial score (nSPS) is 15.4. The maximum Gasteiger partial charge on any atom is 0.458 e. The highest BCUT2D eigenvalue weighted by molar-refractivity contribution is 6.41. The maximum atomic E-state index is 13.3. The van der Waals surface area contributed by atoms with Crippen molar-refractivity contribution in [1.82, 2.24) is 15.5 Å². The van der Waals surface area contributed by atoms with E-state index in [0.717, 1.165) is 18.5 Å². The number of carbonyl (C=O) groups is 4. The number of amides is 2. The summed E-state index contributed by atoms with van der Waals surface area (Å²) in [6, 6.07) is 14.1. The molecule has 2 aliphatic rings. The number of benzene rings is 2. The molecule has 16 heteroatoms. The standard InChI is InChI=1S/C31H44N4O4.C4F6O2/c1-23(25-10-6-3-7-11-25)35(29(38)16-19-32-17-14-24-8-4-2-5-9-24)21-20-33-18-15-26-12-13-27(36)30-31(26)39-22-28(37)34-30;5-3(6,7)1(11)2(12)4(8,9)10/h2,4-5,8-9,12-13,23,25,32-33,36H,3,6-7,10-11,14-22H2,1H3,(H,34,37);/t23-;/m1./s1. The zero-order valence-corrected chi connectivity index (χ0v) is 28.3. The van der Waals surface area contributed by atoms with E-state index in [0.29, 0.717) is 56.4 Å². The van der Waals surface area contributed by atoms with Crippen LogP contribution in [0.2, 0.25) is 0 Å². The third-order valence-electron chi connectivity index (χ3n) is 8.74. The van der Waals surface area contributed by atoms with Crippen LogP contribution in [0.25, 0.3) is 0 Å². The number of fused-ring (bicyclic) bond motifs is 1. The number of aromatic hydroxyl groups is 1. The fourth-order valence-corrected chi connectivity index (χ4v) is 5.98. The lowest BCUT2D eigenvalue weighted by Crippen LogP contribution is -2.47. The Labute approximate surface area is 292 Å². The number of ether oxygens (including phenoxy) is 1. The van der Waals surface area contributed by atoms with Crippen molar-refractivity contribution in [2.24, 2.45) is 5.92 Å². The smallest absolute Gasteiger partial charge is 0.458 e. The van der Waals surface area contributed by atoms with Crippen molar-refractivity contribution >= 4 is 29.1 Å². The van der Waals surface area contributed by atoms with Crippen molar-refractivity contribution < 1.29 is 55.4 Å². The highest BCUT2D eigenvalue weighted by Crippen LogP contribution is 2.39. The molecule has 10 nitrogen and oxygen atoms in total. The van der Waals surface area contributed by atoms with Crippen molar-refractivity contribution in [2.75, 3.05) is 44.6 Å². The second-order valence-corrected chi connectivity index (χ2v) is 12.4. The number of hydrogen-bond acceptors (Lipinski definition) is 8. The quantitative estimate of drug-likeness (QED) is 0.0858. The van der Waals surface area contributed by atoms with E-state index in [4.69, 9.17) is 4.74 Å². The molecule has 4 rings (SSSR count). The highest BCUT2D eigenvalue weighted by Gasteiger charge is 2.54. The molecule has 51 heavy (non-hydrogen) atoms. The van der Waals surface area contributed by atoms with Gasteiger partial charge in [-0.2, -0.15) is 26.3 Å². The van der Waals surface area contributed by atoms with E-state index < -0.39 is 23.9 Å². The third kappa shape index (κ3) is 13.1. The Kier molecular flexibility index (Phi) is 15.7. The SMILES string of the molecule is C[C@H](C1CCCCC1)N(CCNCCc1ccc(O)c2c1OCC(=O)N2)C(=O)CCNCCc1ccccc1.O=C(C(=O)C(F)(F)F)C(F)(F)F. The number of Topliss-reactive ketones (excluding diaryl/α,β-unsaturated/α-hetero) is 2. The first-order valence-corrected chi connectivity index (χ1v) is 16.8. The van der Waals surface area contributed by atoms with Crippen molar-refractivity contribution in [2.45, 2.75) is 76.7 Å². The van der Waals surface area contributed by atoms with Gasteiger partial charge in [-0.3, -0.25) is 19.2 Å². The van der Waals surface area contributed by atoms with E-state index in [1.54, 1.807) is 6.07 Å². The number of alkyl halides is 6. The number of anilines is 1. The second-order valence-electron chi connectivity index (χ2n) is 12.4. The van der Waals surface area contributed by atoms with E-state index in [2.05, 4.69) is 52.0 Å². The molecule has 1 fully saturated rings. The third-order valence-corrected chi connectivity index (χ3v) is 8.74. The lowest BCUT2D eigenvalue weighted by Gasteiger charge is -2.37. The van der Waals surface area contributed by atoms with Crippen LogP contribution in [0.3, 0.4) is 0 Å². The average Bonchev–Trinajstić information content (AvgIpc) is 3.10. The van der Waals surface area contributed by atoms with Crippen molar-refractivity contribution in [3.8, 4) is 11.5 Å². The molecule has 4 N–H and O–H groups in total. The van der Waals surface area contributed by atoms with Gasteiger partial charge in [0, 0.05) is 32.1 Å². The van der Waals surface area contributed by atoms with E-state index in [-0.39, 0.29) is 30.2 Å². The van der Waals surface area contributed by atoms with Gasteiger partial charge in [0.15, 0.2) is 12.4 Å².